The summed E-state index contributed by atoms with van der Waals surface area (Å²) < 4.78 is 42.8. The van der Waals surface area contributed by atoms with Crippen molar-refractivity contribution in [1.29, 1.82) is 0 Å². The largest absolute Gasteiger partial charge is 0.497 e. The van der Waals surface area contributed by atoms with Gasteiger partial charge in [0.1, 0.15) is 5.75 Å². The maximum Gasteiger partial charge on any atom is 0.416 e. The quantitative estimate of drug-likeness (QED) is 0.782. The van der Waals surface area contributed by atoms with Crippen LogP contribution in [0.15, 0.2) is 48.5 Å². The molecule has 0 amide bonds. The van der Waals surface area contributed by atoms with Gasteiger partial charge in [-0.25, -0.2) is 0 Å². The number of ether oxygens (including phenoxy) is 1. The van der Waals surface area contributed by atoms with Gasteiger partial charge in [0.2, 0.25) is 0 Å². The molecule has 130 valence electrons. The van der Waals surface area contributed by atoms with Gasteiger partial charge in [0.05, 0.1) is 12.7 Å². The van der Waals surface area contributed by atoms with Crippen LogP contribution in [0, 0.1) is 0 Å². The average Bonchev–Trinajstić information content (AvgIpc) is 2.58. The average molecular weight is 337 g/mol. The monoisotopic (exact) mass is 337 g/mol. The predicted octanol–water partition coefficient (Wildman–Crippen LogP) is 4.82. The summed E-state index contributed by atoms with van der Waals surface area (Å²) in [5, 5.41) is 3.34. The molecule has 0 heterocycles. The van der Waals surface area contributed by atoms with E-state index in [9.17, 15) is 13.2 Å². The van der Waals surface area contributed by atoms with Crippen LogP contribution in [0.2, 0.25) is 0 Å². The van der Waals surface area contributed by atoms with Gasteiger partial charge in [0.15, 0.2) is 0 Å². The van der Waals surface area contributed by atoms with Crippen molar-refractivity contribution in [2.45, 2.75) is 38.5 Å². The van der Waals surface area contributed by atoms with Crippen LogP contribution in [0.3, 0.4) is 0 Å². The summed E-state index contributed by atoms with van der Waals surface area (Å²) in [5.74, 6) is 0.845. The van der Waals surface area contributed by atoms with E-state index in [1.54, 1.807) is 7.11 Å². The molecule has 0 saturated heterocycles. The first-order valence-corrected chi connectivity index (χ1v) is 7.91. The topological polar surface area (TPSA) is 21.3 Å². The third-order valence-electron chi connectivity index (χ3n) is 3.94. The molecular formula is C19H22F3NO. The lowest BCUT2D eigenvalue weighted by molar-refractivity contribution is -0.137. The van der Waals surface area contributed by atoms with E-state index >= 15 is 0 Å². The molecule has 2 nitrogen and oxygen atoms in total. The van der Waals surface area contributed by atoms with E-state index in [1.807, 2.05) is 18.2 Å². The van der Waals surface area contributed by atoms with E-state index in [4.69, 9.17) is 4.74 Å². The van der Waals surface area contributed by atoms with Crippen LogP contribution < -0.4 is 10.1 Å². The highest BCUT2D eigenvalue weighted by Crippen LogP contribution is 2.29. The molecular weight excluding hydrogens is 315 g/mol. The van der Waals surface area contributed by atoms with Crippen molar-refractivity contribution < 1.29 is 17.9 Å². The minimum absolute atomic E-state index is 0.262. The molecule has 0 aliphatic carbocycles. The standard InChI is InChI=1S/C19H22F3NO/c1-14(6-7-15-4-3-5-18(12-15)24-2)23-13-16-8-10-17(11-9-16)19(20,21)22/h3-5,8-12,14,23H,6-7,13H2,1-2H3/t14-/m0/s1. The Bertz CT molecular complexity index is 638. The zero-order valence-corrected chi connectivity index (χ0v) is 13.9. The fraction of sp³-hybridized carbons (Fsp3) is 0.368. The van der Waals surface area contributed by atoms with Gasteiger partial charge in [-0.15, -0.1) is 0 Å². The smallest absolute Gasteiger partial charge is 0.416 e. The Balaban J connectivity index is 1.79. The number of alkyl halides is 3. The second-order valence-electron chi connectivity index (χ2n) is 5.87. The summed E-state index contributed by atoms with van der Waals surface area (Å²) in [5.41, 5.74) is 1.44. The first-order chi connectivity index (χ1) is 11.4. The SMILES string of the molecule is COc1cccc(CC[C@H](C)NCc2ccc(C(F)(F)F)cc2)c1. The van der Waals surface area contributed by atoms with Crippen molar-refractivity contribution in [3.63, 3.8) is 0 Å². The van der Waals surface area contributed by atoms with Gasteiger partial charge in [-0.05, 0) is 55.2 Å². The summed E-state index contributed by atoms with van der Waals surface area (Å²) in [4.78, 5) is 0. The zero-order chi connectivity index (χ0) is 17.6. The van der Waals surface area contributed by atoms with E-state index in [0.29, 0.717) is 6.54 Å². The van der Waals surface area contributed by atoms with E-state index in [2.05, 4.69) is 18.3 Å². The lowest BCUT2D eigenvalue weighted by Gasteiger charge is -2.15. The number of nitrogens with one attached hydrogen (secondary N) is 1. The first-order valence-electron chi connectivity index (χ1n) is 7.91. The maximum atomic E-state index is 12.5. The molecule has 2 rings (SSSR count). The highest BCUT2D eigenvalue weighted by atomic mass is 19.4. The second kappa shape index (κ2) is 8.20. The number of methoxy groups -OCH3 is 1. The number of benzene rings is 2. The molecule has 0 radical (unpaired) electrons. The summed E-state index contributed by atoms with van der Waals surface area (Å²) in [6.07, 6.45) is -2.43. The Morgan fingerprint density at radius 1 is 1.04 bits per heavy atom. The highest BCUT2D eigenvalue weighted by Gasteiger charge is 2.29. The molecule has 0 saturated carbocycles. The zero-order valence-electron chi connectivity index (χ0n) is 13.9. The van der Waals surface area contributed by atoms with Gasteiger partial charge in [-0.1, -0.05) is 24.3 Å². The van der Waals surface area contributed by atoms with Crippen molar-refractivity contribution in [2.24, 2.45) is 0 Å². The minimum atomic E-state index is -4.28. The van der Waals surface area contributed by atoms with Crippen molar-refractivity contribution in [1.82, 2.24) is 5.32 Å². The number of hydrogen-bond donors (Lipinski definition) is 1. The Kier molecular flexibility index (Phi) is 6.26. The van der Waals surface area contributed by atoms with Crippen LogP contribution in [0.5, 0.6) is 5.75 Å². The Labute approximate surface area is 140 Å². The minimum Gasteiger partial charge on any atom is -0.497 e. The van der Waals surface area contributed by atoms with Crippen LogP contribution in [-0.4, -0.2) is 13.2 Å². The summed E-state index contributed by atoms with van der Waals surface area (Å²) in [6.45, 7) is 2.63. The summed E-state index contributed by atoms with van der Waals surface area (Å²) in [7, 11) is 1.65. The molecule has 24 heavy (non-hydrogen) atoms. The van der Waals surface area contributed by atoms with Crippen LogP contribution in [0.1, 0.15) is 30.0 Å². The van der Waals surface area contributed by atoms with Crippen LogP contribution in [0.25, 0.3) is 0 Å². The molecule has 1 atom stereocenters. The molecule has 0 aliphatic heterocycles. The van der Waals surface area contributed by atoms with Gasteiger partial charge in [-0.3, -0.25) is 0 Å². The lowest BCUT2D eigenvalue weighted by atomic mass is 10.1. The predicted molar refractivity (Wildman–Crippen MR) is 89.1 cm³/mol. The lowest BCUT2D eigenvalue weighted by Crippen LogP contribution is -2.26. The van der Waals surface area contributed by atoms with Crippen LogP contribution in [0.4, 0.5) is 13.2 Å². The Morgan fingerprint density at radius 2 is 1.75 bits per heavy atom. The van der Waals surface area contributed by atoms with Crippen molar-refractivity contribution in [3.8, 4) is 5.75 Å². The molecule has 0 fully saturated rings. The van der Waals surface area contributed by atoms with Crippen molar-refractivity contribution in [3.05, 3.63) is 65.2 Å². The van der Waals surface area contributed by atoms with E-state index in [-0.39, 0.29) is 6.04 Å². The number of halogens is 3. The number of hydrogen-bond acceptors (Lipinski definition) is 2. The van der Waals surface area contributed by atoms with Gasteiger partial charge < -0.3 is 10.1 Å². The summed E-state index contributed by atoms with van der Waals surface area (Å²) >= 11 is 0. The molecule has 2 aromatic rings. The Morgan fingerprint density at radius 3 is 2.38 bits per heavy atom. The fourth-order valence-electron chi connectivity index (χ4n) is 2.42. The molecule has 5 heteroatoms. The van der Waals surface area contributed by atoms with Crippen LogP contribution in [-0.2, 0) is 19.1 Å². The second-order valence-corrected chi connectivity index (χ2v) is 5.87. The number of aryl methyl sites for hydroxylation is 1. The molecule has 0 spiro atoms. The molecule has 0 aromatic heterocycles. The fourth-order valence-corrected chi connectivity index (χ4v) is 2.42. The number of rotatable bonds is 7. The maximum absolute atomic E-state index is 12.5. The van der Waals surface area contributed by atoms with Gasteiger partial charge in [0, 0.05) is 12.6 Å². The van der Waals surface area contributed by atoms with Gasteiger partial charge in [0.25, 0.3) is 0 Å². The third kappa shape index (κ3) is 5.57. The van der Waals surface area contributed by atoms with Crippen molar-refractivity contribution >= 4 is 0 Å². The van der Waals surface area contributed by atoms with Gasteiger partial charge >= 0.3 is 6.18 Å². The molecule has 0 bridgehead atoms. The van der Waals surface area contributed by atoms with Gasteiger partial charge in [-0.2, -0.15) is 13.2 Å². The Hall–Kier alpha value is -2.01. The molecule has 1 N–H and O–H groups in total. The van der Waals surface area contributed by atoms with E-state index < -0.39 is 11.7 Å². The third-order valence-corrected chi connectivity index (χ3v) is 3.94. The molecule has 0 unspecified atom stereocenters. The highest BCUT2D eigenvalue weighted by molar-refractivity contribution is 5.28. The van der Waals surface area contributed by atoms with E-state index in [1.165, 1.54) is 17.7 Å². The summed E-state index contributed by atoms with van der Waals surface area (Å²) in [6, 6.07) is 13.5. The molecule has 2 aromatic carbocycles. The van der Waals surface area contributed by atoms with Crippen LogP contribution >= 0.6 is 0 Å². The van der Waals surface area contributed by atoms with E-state index in [0.717, 1.165) is 36.3 Å². The first kappa shape index (κ1) is 18.3. The molecule has 0 aliphatic rings. The van der Waals surface area contributed by atoms with Crippen molar-refractivity contribution in [2.75, 3.05) is 7.11 Å². The normalized spacial score (nSPS) is 12.9.